The van der Waals surface area contributed by atoms with Crippen molar-refractivity contribution in [2.75, 3.05) is 23.7 Å². The molecule has 1 saturated carbocycles. The summed E-state index contributed by atoms with van der Waals surface area (Å²) in [4.78, 5) is 31.7. The van der Waals surface area contributed by atoms with Crippen LogP contribution in [0.5, 0.6) is 0 Å². The van der Waals surface area contributed by atoms with Crippen molar-refractivity contribution in [2.45, 2.75) is 63.1 Å². The van der Waals surface area contributed by atoms with E-state index in [0.29, 0.717) is 12.3 Å². The minimum absolute atomic E-state index is 0.0509. The Labute approximate surface area is 365 Å². The standard InChI is InChI=1S/C38H33ClF10N10O5S/c1-16-3-4-20(21-5-6-24(39)28-30(21)58(15-36(42,43)44)56-33(28)59(65(2,62)63)35(61)64-8-7-52-34(50)51)29(53-16)25(11-17-9-18(40)12-19(41)10-17)54-26(60)14-57-32-27(31(55-57)38(47,48)49)22-13-23(22)37(32,45)46/h3-6,9-10,12,22-23,25H,7-8,11,13-15H2,1-2H3,(H,54,60)(H4,50,51,52)/t22?,23-,25+/m1/s1. The monoisotopic (exact) mass is 966 g/mol. The number of benzene rings is 2. The number of rotatable bonds is 13. The van der Waals surface area contributed by atoms with Crippen molar-refractivity contribution in [3.8, 4) is 11.1 Å². The maximum Gasteiger partial charge on any atom is 0.435 e. The molecule has 0 saturated heterocycles. The lowest BCUT2D eigenvalue weighted by Gasteiger charge is -2.23. The van der Waals surface area contributed by atoms with Gasteiger partial charge in [0.2, 0.25) is 15.9 Å². The van der Waals surface area contributed by atoms with Crippen molar-refractivity contribution >= 4 is 56.3 Å². The molecular weight excluding hydrogens is 934 g/mol. The van der Waals surface area contributed by atoms with E-state index in [1.807, 2.05) is 0 Å². The summed E-state index contributed by atoms with van der Waals surface area (Å²) in [7, 11) is -4.80. The number of hydrogen-bond donors (Lipinski definition) is 4. The number of carbonyl (C=O) groups is 2. The van der Waals surface area contributed by atoms with Crippen molar-refractivity contribution in [3.05, 3.63) is 93.0 Å². The number of nitrogens with zero attached hydrogens (tertiary/aromatic N) is 6. The highest BCUT2D eigenvalue weighted by molar-refractivity contribution is 7.92. The number of nitrogens with one attached hydrogen (secondary N) is 3. The fourth-order valence-corrected chi connectivity index (χ4v) is 8.89. The van der Waals surface area contributed by atoms with Gasteiger partial charge in [0.05, 0.1) is 40.5 Å². The van der Waals surface area contributed by atoms with E-state index in [1.165, 1.54) is 19.1 Å². The number of halogens is 11. The number of anilines is 1. The topological polar surface area (TPSA) is 203 Å². The van der Waals surface area contributed by atoms with Gasteiger partial charge in [0.25, 0.3) is 5.92 Å². The highest BCUT2D eigenvalue weighted by Gasteiger charge is 2.68. The van der Waals surface area contributed by atoms with Crippen LogP contribution in [0.2, 0.25) is 5.02 Å². The van der Waals surface area contributed by atoms with Crippen LogP contribution in [0.15, 0.2) is 42.5 Å². The second kappa shape index (κ2) is 16.7. The van der Waals surface area contributed by atoms with Gasteiger partial charge in [-0.1, -0.05) is 23.7 Å². The lowest BCUT2D eigenvalue weighted by atomic mass is 9.93. The van der Waals surface area contributed by atoms with Gasteiger partial charge in [-0.05, 0) is 55.5 Å². The van der Waals surface area contributed by atoms with E-state index in [9.17, 15) is 53.1 Å². The minimum Gasteiger partial charge on any atom is -0.447 e. The third-order valence-corrected chi connectivity index (χ3v) is 11.7. The molecule has 27 heteroatoms. The van der Waals surface area contributed by atoms with Crippen molar-refractivity contribution in [2.24, 2.45) is 11.7 Å². The van der Waals surface area contributed by atoms with E-state index < -0.39 is 141 Å². The summed E-state index contributed by atoms with van der Waals surface area (Å²) in [5.74, 6) is -11.3. The number of hydrogen-bond acceptors (Lipinski definition) is 9. The number of nitrogens with two attached hydrogens (primary N) is 1. The summed E-state index contributed by atoms with van der Waals surface area (Å²) in [6.07, 6.45) is -12.2. The van der Waals surface area contributed by atoms with Gasteiger partial charge >= 0.3 is 18.4 Å². The number of amides is 2. The molecule has 7 rings (SSSR count). The SMILES string of the molecule is Cc1ccc(-c2ccc(Cl)c3c(N(C(=O)OCCNC(=N)N)S(C)(=O)=O)nn(CC(F)(F)F)c23)c([C@H](Cc2cc(F)cc(F)c2)NC(=O)Cn2nc(C(F)(F)F)c3c2C(F)(F)[C@@H]2CC32)n1. The third kappa shape index (κ3) is 9.48. The quantitative estimate of drug-likeness (QED) is 0.0420. The molecular formula is C38H33ClF10N10O5S. The van der Waals surface area contributed by atoms with Gasteiger partial charge in [-0.15, -0.1) is 0 Å². The molecule has 1 unspecified atom stereocenters. The molecule has 0 spiro atoms. The zero-order chi connectivity index (χ0) is 47.7. The zero-order valence-corrected chi connectivity index (χ0v) is 35.0. The second-order valence-corrected chi connectivity index (χ2v) is 17.5. The summed E-state index contributed by atoms with van der Waals surface area (Å²) in [5, 5.41) is 18.2. The summed E-state index contributed by atoms with van der Waals surface area (Å²) in [5.41, 5.74) is 0.547. The van der Waals surface area contributed by atoms with Crippen LogP contribution in [0.1, 0.15) is 52.3 Å². The van der Waals surface area contributed by atoms with Crippen LogP contribution >= 0.6 is 11.6 Å². The Bertz CT molecular complexity index is 2850. The van der Waals surface area contributed by atoms with E-state index in [-0.39, 0.29) is 54.7 Å². The molecule has 5 aromatic rings. The number of aryl methyl sites for hydroxylation is 1. The van der Waals surface area contributed by atoms with E-state index in [4.69, 9.17) is 27.5 Å². The molecule has 3 aromatic heterocycles. The first-order valence-electron chi connectivity index (χ1n) is 18.9. The summed E-state index contributed by atoms with van der Waals surface area (Å²) >= 11 is 6.55. The number of fused-ring (bicyclic) bond motifs is 4. The van der Waals surface area contributed by atoms with Crippen molar-refractivity contribution in [1.82, 2.24) is 35.2 Å². The molecule has 0 bridgehead atoms. The maximum absolute atomic E-state index is 15.4. The van der Waals surface area contributed by atoms with Gasteiger partial charge in [-0.25, -0.2) is 22.0 Å². The van der Waals surface area contributed by atoms with E-state index >= 15 is 8.78 Å². The van der Waals surface area contributed by atoms with Gasteiger partial charge in [-0.3, -0.25) is 24.6 Å². The van der Waals surface area contributed by atoms with Gasteiger partial charge in [0.1, 0.15) is 37.0 Å². The van der Waals surface area contributed by atoms with E-state index in [0.717, 1.165) is 24.3 Å². The lowest BCUT2D eigenvalue weighted by Crippen LogP contribution is -2.39. The molecule has 2 aliphatic carbocycles. The first-order chi connectivity index (χ1) is 30.1. The molecule has 2 amide bonds. The largest absolute Gasteiger partial charge is 0.447 e. The fourth-order valence-electron chi connectivity index (χ4n) is 7.89. The number of aromatic nitrogens is 5. The Hall–Kier alpha value is -6.18. The molecule has 2 aromatic carbocycles. The zero-order valence-electron chi connectivity index (χ0n) is 33.4. The van der Waals surface area contributed by atoms with Crippen molar-refractivity contribution in [1.29, 1.82) is 5.41 Å². The molecule has 65 heavy (non-hydrogen) atoms. The summed E-state index contributed by atoms with van der Waals surface area (Å²) < 4.78 is 177. The van der Waals surface area contributed by atoms with E-state index in [1.54, 1.807) is 0 Å². The fraction of sp³-hybridized carbons (Fsp3) is 0.368. The van der Waals surface area contributed by atoms with Gasteiger partial charge < -0.3 is 21.1 Å². The van der Waals surface area contributed by atoms with Crippen molar-refractivity contribution < 1.29 is 66.6 Å². The maximum atomic E-state index is 15.4. The first kappa shape index (κ1) is 46.8. The van der Waals surface area contributed by atoms with Crippen LogP contribution < -0.4 is 20.7 Å². The van der Waals surface area contributed by atoms with Crippen LogP contribution in [0.3, 0.4) is 0 Å². The lowest BCUT2D eigenvalue weighted by molar-refractivity contribution is -0.143. The van der Waals surface area contributed by atoms with Crippen LogP contribution in [0.25, 0.3) is 22.0 Å². The summed E-state index contributed by atoms with van der Waals surface area (Å²) in [6, 6.07) is 5.57. The first-order valence-corrected chi connectivity index (χ1v) is 21.2. The van der Waals surface area contributed by atoms with Crippen LogP contribution in [-0.4, -0.2) is 76.5 Å². The van der Waals surface area contributed by atoms with Crippen LogP contribution in [-0.2, 0) is 51.2 Å². The van der Waals surface area contributed by atoms with Crippen LogP contribution in [0, 0.1) is 29.9 Å². The molecule has 3 atom stereocenters. The molecule has 3 heterocycles. The highest BCUT2D eigenvalue weighted by Crippen LogP contribution is 2.68. The van der Waals surface area contributed by atoms with Crippen LogP contribution in [0.4, 0.5) is 54.5 Å². The normalized spacial score (nSPS) is 17.1. The predicted octanol–water partition coefficient (Wildman–Crippen LogP) is 6.81. The molecule has 0 radical (unpaired) electrons. The molecule has 15 nitrogen and oxygen atoms in total. The number of carbonyl (C=O) groups excluding carboxylic acids is 2. The Morgan fingerprint density at radius 2 is 1.71 bits per heavy atom. The van der Waals surface area contributed by atoms with E-state index in [2.05, 4.69) is 25.8 Å². The number of pyridine rings is 1. The number of guanidine groups is 1. The number of alkyl halides is 8. The van der Waals surface area contributed by atoms with Gasteiger partial charge in [-0.2, -0.15) is 49.6 Å². The third-order valence-electron chi connectivity index (χ3n) is 10.4. The molecule has 1 fully saturated rings. The average molecular weight is 967 g/mol. The van der Waals surface area contributed by atoms with Gasteiger partial charge in [0.15, 0.2) is 17.5 Å². The molecule has 0 aliphatic heterocycles. The van der Waals surface area contributed by atoms with Crippen molar-refractivity contribution in [3.63, 3.8) is 0 Å². The Morgan fingerprint density at radius 1 is 1.05 bits per heavy atom. The minimum atomic E-state index is -5.17. The Morgan fingerprint density at radius 3 is 2.32 bits per heavy atom. The molecule has 348 valence electrons. The number of sulfonamides is 1. The molecule has 2 aliphatic rings. The number of ether oxygens (including phenoxy) is 1. The Balaban J connectivity index is 1.38. The predicted molar refractivity (Wildman–Crippen MR) is 210 cm³/mol. The Kier molecular flexibility index (Phi) is 12.0. The smallest absolute Gasteiger partial charge is 0.435 e. The highest BCUT2D eigenvalue weighted by atomic mass is 35.5. The average Bonchev–Trinajstić information content (AvgIpc) is 3.68. The van der Waals surface area contributed by atoms with Gasteiger partial charge in [0, 0.05) is 34.4 Å². The second-order valence-electron chi connectivity index (χ2n) is 15.2. The molecule has 5 N–H and O–H groups in total. The summed E-state index contributed by atoms with van der Waals surface area (Å²) in [6.45, 7) is -2.59.